The molecule has 0 N–H and O–H groups in total. The molecule has 0 amide bonds. The number of rotatable bonds is 4. The summed E-state index contributed by atoms with van der Waals surface area (Å²) in [5.74, 6) is -2.27. The molecular weight excluding hydrogens is 294 g/mol. The highest BCUT2D eigenvalue weighted by Crippen LogP contribution is 2.26. The van der Waals surface area contributed by atoms with Crippen LogP contribution in [0.1, 0.15) is 24.2 Å². The molecule has 0 unspecified atom stereocenters. The highest BCUT2D eigenvalue weighted by Gasteiger charge is 2.23. The Morgan fingerprint density at radius 1 is 1.32 bits per heavy atom. The number of hydrogen-bond donors (Lipinski definition) is 0. The standard InChI is InChI=1S/C13H11Cl2FO3/c1-3-7(13(18)19-4-2)12(17)8-5-11(16)10(15)6-9(8)14/h3,5-6H,4H2,1-2H3/b7-3-. The maximum Gasteiger partial charge on any atom is 0.341 e. The number of halogens is 3. The van der Waals surface area contributed by atoms with E-state index in [9.17, 15) is 14.0 Å². The molecule has 1 rings (SSSR count). The Kier molecular flexibility index (Phi) is 5.51. The Morgan fingerprint density at radius 2 is 1.95 bits per heavy atom. The van der Waals surface area contributed by atoms with E-state index in [-0.39, 0.29) is 27.8 Å². The molecule has 102 valence electrons. The topological polar surface area (TPSA) is 43.4 Å². The minimum absolute atomic E-state index is 0.0277. The summed E-state index contributed by atoms with van der Waals surface area (Å²) in [6.45, 7) is 3.25. The van der Waals surface area contributed by atoms with Crippen molar-refractivity contribution in [2.24, 2.45) is 0 Å². The summed E-state index contributed by atoms with van der Waals surface area (Å²) in [6, 6.07) is 2.01. The molecule has 0 heterocycles. The number of carbonyl (C=O) groups is 2. The summed E-state index contributed by atoms with van der Waals surface area (Å²) >= 11 is 11.4. The van der Waals surface area contributed by atoms with Gasteiger partial charge in [0.05, 0.1) is 16.7 Å². The summed E-state index contributed by atoms with van der Waals surface area (Å²) in [7, 11) is 0. The van der Waals surface area contributed by atoms with Gasteiger partial charge in [0.15, 0.2) is 0 Å². The van der Waals surface area contributed by atoms with Gasteiger partial charge in [-0.1, -0.05) is 29.3 Å². The largest absolute Gasteiger partial charge is 0.462 e. The molecule has 0 aliphatic carbocycles. The molecule has 0 aromatic heterocycles. The maximum absolute atomic E-state index is 13.4. The summed E-state index contributed by atoms with van der Waals surface area (Å²) in [6.07, 6.45) is 1.29. The molecule has 0 aliphatic heterocycles. The lowest BCUT2D eigenvalue weighted by molar-refractivity contribution is -0.138. The van der Waals surface area contributed by atoms with E-state index in [4.69, 9.17) is 27.9 Å². The van der Waals surface area contributed by atoms with Gasteiger partial charge in [0.25, 0.3) is 0 Å². The molecule has 0 aliphatic rings. The third-order valence-electron chi connectivity index (χ3n) is 2.28. The van der Waals surface area contributed by atoms with Crippen molar-refractivity contribution in [3.63, 3.8) is 0 Å². The predicted molar refractivity (Wildman–Crippen MR) is 71.1 cm³/mol. The van der Waals surface area contributed by atoms with Crippen LogP contribution in [0.15, 0.2) is 23.8 Å². The molecule has 0 atom stereocenters. The maximum atomic E-state index is 13.4. The fourth-order valence-electron chi connectivity index (χ4n) is 1.39. The van der Waals surface area contributed by atoms with Crippen molar-refractivity contribution in [3.05, 3.63) is 45.2 Å². The molecule has 0 radical (unpaired) electrons. The molecule has 19 heavy (non-hydrogen) atoms. The van der Waals surface area contributed by atoms with Gasteiger partial charge in [-0.3, -0.25) is 4.79 Å². The van der Waals surface area contributed by atoms with Gasteiger partial charge in [0.1, 0.15) is 11.4 Å². The van der Waals surface area contributed by atoms with Crippen molar-refractivity contribution < 1.29 is 18.7 Å². The number of benzene rings is 1. The molecular formula is C13H11Cl2FO3. The second kappa shape index (κ2) is 6.68. The third kappa shape index (κ3) is 3.55. The van der Waals surface area contributed by atoms with Gasteiger partial charge >= 0.3 is 5.97 Å². The van der Waals surface area contributed by atoms with Crippen molar-refractivity contribution >= 4 is 35.0 Å². The van der Waals surface area contributed by atoms with Crippen LogP contribution >= 0.6 is 23.2 Å². The molecule has 1 aromatic carbocycles. The Balaban J connectivity index is 3.19. The van der Waals surface area contributed by atoms with Crippen molar-refractivity contribution in [1.29, 1.82) is 0 Å². The molecule has 1 aromatic rings. The van der Waals surface area contributed by atoms with Gasteiger partial charge in [0, 0.05) is 5.56 Å². The number of carbonyl (C=O) groups excluding carboxylic acids is 2. The SMILES string of the molecule is C/C=C(\C(=O)OCC)C(=O)c1cc(F)c(Cl)cc1Cl. The van der Waals surface area contributed by atoms with E-state index < -0.39 is 17.6 Å². The first kappa shape index (κ1) is 15.7. The van der Waals surface area contributed by atoms with Crippen LogP contribution < -0.4 is 0 Å². The van der Waals surface area contributed by atoms with Gasteiger partial charge in [-0.2, -0.15) is 0 Å². The number of hydrogen-bond acceptors (Lipinski definition) is 3. The zero-order valence-electron chi connectivity index (χ0n) is 10.3. The number of ether oxygens (including phenoxy) is 1. The van der Waals surface area contributed by atoms with Crippen LogP contribution in [0, 0.1) is 5.82 Å². The number of allylic oxidation sites excluding steroid dienone is 1. The van der Waals surface area contributed by atoms with E-state index >= 15 is 0 Å². The third-order valence-corrected chi connectivity index (χ3v) is 2.89. The first-order valence-electron chi connectivity index (χ1n) is 5.45. The molecule has 0 spiro atoms. The normalized spacial score (nSPS) is 11.3. The van der Waals surface area contributed by atoms with E-state index in [1.165, 1.54) is 13.0 Å². The number of esters is 1. The van der Waals surface area contributed by atoms with Crippen LogP contribution in [0.2, 0.25) is 10.0 Å². The molecule has 0 saturated carbocycles. The predicted octanol–water partition coefficient (Wildman–Crippen LogP) is 3.82. The Labute approximate surface area is 120 Å². The van der Waals surface area contributed by atoms with Crippen LogP contribution in [0.3, 0.4) is 0 Å². The Bertz CT molecular complexity index is 553. The fraction of sp³-hybridized carbons (Fsp3) is 0.231. The summed E-state index contributed by atoms with van der Waals surface area (Å²) in [5, 5.41) is -0.222. The summed E-state index contributed by atoms with van der Waals surface area (Å²) in [4.78, 5) is 23.7. The second-order valence-corrected chi connectivity index (χ2v) is 4.31. The summed E-state index contributed by atoms with van der Waals surface area (Å²) in [5.41, 5.74) is -0.338. The van der Waals surface area contributed by atoms with Gasteiger partial charge in [-0.15, -0.1) is 0 Å². The lowest BCUT2D eigenvalue weighted by Crippen LogP contribution is -2.16. The van der Waals surface area contributed by atoms with E-state index in [0.717, 1.165) is 12.1 Å². The van der Waals surface area contributed by atoms with Crippen molar-refractivity contribution in [3.8, 4) is 0 Å². The summed E-state index contributed by atoms with van der Waals surface area (Å²) < 4.78 is 18.1. The van der Waals surface area contributed by atoms with Crippen LogP contribution in [-0.2, 0) is 9.53 Å². The lowest BCUT2D eigenvalue weighted by Gasteiger charge is -2.08. The van der Waals surface area contributed by atoms with Crippen LogP contribution in [0.5, 0.6) is 0 Å². The van der Waals surface area contributed by atoms with Gasteiger partial charge in [-0.25, -0.2) is 9.18 Å². The quantitative estimate of drug-likeness (QED) is 0.212. The van der Waals surface area contributed by atoms with E-state index in [1.54, 1.807) is 6.92 Å². The van der Waals surface area contributed by atoms with Gasteiger partial charge < -0.3 is 4.74 Å². The van der Waals surface area contributed by atoms with E-state index in [0.29, 0.717) is 0 Å². The highest BCUT2D eigenvalue weighted by molar-refractivity contribution is 6.39. The molecule has 3 nitrogen and oxygen atoms in total. The second-order valence-electron chi connectivity index (χ2n) is 3.50. The minimum atomic E-state index is -0.784. The Morgan fingerprint density at radius 3 is 2.47 bits per heavy atom. The van der Waals surface area contributed by atoms with Crippen molar-refractivity contribution in [1.82, 2.24) is 0 Å². The number of ketones is 1. The highest BCUT2D eigenvalue weighted by atomic mass is 35.5. The average molecular weight is 305 g/mol. The van der Waals surface area contributed by atoms with Crippen LogP contribution in [0.4, 0.5) is 4.39 Å². The lowest BCUT2D eigenvalue weighted by atomic mass is 10.0. The zero-order valence-corrected chi connectivity index (χ0v) is 11.8. The van der Waals surface area contributed by atoms with Gasteiger partial charge in [-0.05, 0) is 26.0 Å². The van der Waals surface area contributed by atoms with E-state index in [1.807, 2.05) is 0 Å². The molecule has 0 fully saturated rings. The molecule has 6 heteroatoms. The van der Waals surface area contributed by atoms with Gasteiger partial charge in [0.2, 0.25) is 5.78 Å². The van der Waals surface area contributed by atoms with Crippen LogP contribution in [0.25, 0.3) is 0 Å². The monoisotopic (exact) mass is 304 g/mol. The molecule has 0 bridgehead atoms. The fourth-order valence-corrected chi connectivity index (χ4v) is 1.86. The number of Topliss-reactive ketones (excluding diaryl/α,β-unsaturated/α-hetero) is 1. The molecule has 0 saturated heterocycles. The van der Waals surface area contributed by atoms with Crippen molar-refractivity contribution in [2.75, 3.05) is 6.61 Å². The zero-order chi connectivity index (χ0) is 14.6. The van der Waals surface area contributed by atoms with E-state index in [2.05, 4.69) is 0 Å². The smallest absolute Gasteiger partial charge is 0.341 e. The van der Waals surface area contributed by atoms with Crippen molar-refractivity contribution in [2.45, 2.75) is 13.8 Å². The first-order valence-corrected chi connectivity index (χ1v) is 6.20. The van der Waals surface area contributed by atoms with Crippen LogP contribution in [-0.4, -0.2) is 18.4 Å². The minimum Gasteiger partial charge on any atom is -0.462 e. The first-order chi connectivity index (χ1) is 8.92. The average Bonchev–Trinajstić information content (AvgIpc) is 2.34. The Hall–Kier alpha value is -1.39.